The topological polar surface area (TPSA) is 167 Å². The number of unbranched alkanes of at least 4 members (excludes halogenated alkanes) is 24. The van der Waals surface area contributed by atoms with Gasteiger partial charge in [-0.3, -0.25) is 4.79 Å². The van der Waals surface area contributed by atoms with Gasteiger partial charge in [0, 0.05) is 61.7 Å². The van der Waals surface area contributed by atoms with Crippen LogP contribution in [0.4, 0.5) is 17.1 Å². The Morgan fingerprint density at radius 2 is 0.818 bits per heavy atom. The van der Waals surface area contributed by atoms with E-state index in [4.69, 9.17) is 6.57 Å². The molecular weight excluding hydrogens is 1430 g/mol. The number of hydrogen-bond donors (Lipinski definition) is 3. The summed E-state index contributed by atoms with van der Waals surface area (Å²) in [4.78, 5) is 50.8. The third kappa shape index (κ3) is 27.7. The molecule has 4 aromatic carbocycles. The van der Waals surface area contributed by atoms with Crippen molar-refractivity contribution in [1.82, 2.24) is 0 Å². The van der Waals surface area contributed by atoms with Gasteiger partial charge in [-0.15, -0.1) is 45.3 Å². The molecule has 0 aliphatic rings. The fourth-order valence-corrected chi connectivity index (χ4v) is 18.9. The van der Waals surface area contributed by atoms with Crippen molar-refractivity contribution in [1.29, 1.82) is 10.5 Å². The smallest absolute Gasteiger partial charge is 0.346 e. The monoisotopic (exact) mass is 1540 g/mol. The number of aryl methyl sites for hydroxylation is 6. The molecule has 0 aliphatic heterocycles. The lowest BCUT2D eigenvalue weighted by atomic mass is 10.0. The van der Waals surface area contributed by atoms with Gasteiger partial charge in [0.15, 0.2) is 0 Å². The Hall–Kier alpha value is -9.20. The zero-order valence-electron chi connectivity index (χ0n) is 65.7. The third-order valence-electron chi connectivity index (χ3n) is 20.0. The van der Waals surface area contributed by atoms with Crippen molar-refractivity contribution in [3.05, 3.63) is 228 Å². The van der Waals surface area contributed by atoms with Crippen LogP contribution in [0.25, 0.3) is 68.8 Å². The van der Waals surface area contributed by atoms with Gasteiger partial charge in [-0.1, -0.05) is 266 Å². The summed E-state index contributed by atoms with van der Waals surface area (Å²) in [5.74, 6) is -3.78. The van der Waals surface area contributed by atoms with Gasteiger partial charge in [-0.2, -0.15) is 10.5 Å². The molecule has 0 bridgehead atoms. The third-order valence-corrected chi connectivity index (χ3v) is 25.0. The van der Waals surface area contributed by atoms with E-state index in [9.17, 15) is 40.2 Å². The van der Waals surface area contributed by atoms with E-state index in [1.807, 2.05) is 24.3 Å². The van der Waals surface area contributed by atoms with E-state index in [0.29, 0.717) is 11.1 Å². The SMILES string of the molecule is [C-]#[N+]/C(=C\c1cc(/C(=C\c2ccc(N(c3ccc(/C=C/c4cc(C)cc(C)c4)cc3)c3ccc(/C=C/c4sc(-c5sc(/C=C(\C#N)C(=O)O)cc5CCCCCC)cc4CCCCCC)cc3)cc2)c2cc(/C=C(\C#N)C(=O)O)c(CCCCCCCCCCCC)s2)sc1CCCCCCCCCCCC)C(=O)O. The highest BCUT2D eigenvalue weighted by Gasteiger charge is 2.23. The number of carboxylic acids is 3. The molecule has 0 saturated heterocycles. The zero-order chi connectivity index (χ0) is 78.4. The van der Waals surface area contributed by atoms with Crippen molar-refractivity contribution in [2.75, 3.05) is 4.90 Å². The van der Waals surface area contributed by atoms with E-state index in [-0.39, 0.29) is 16.8 Å². The maximum absolute atomic E-state index is 12.5. The standard InChI is InChI=1S/C96H112N4O6S4/c1-8-12-16-20-22-24-26-28-30-34-38-87-77(60-79(67-97)94(101)102)65-90(108-87)85(91-66-78(63-86(99-7)96(105)106)88(109-91)39-35-31-29-27-25-23-21-17-13-9-2)59-73-46-53-83(54-47-73)100(81-49-42-71(43-50-81)40-41-74-57-69(5)56-70(6)58-74)82-51-44-72(45-52-82)48-55-89-75(36-32-18-14-10-3)64-92(110-89)93-76(37-33-19-15-11-4)61-84(107-93)62-80(68-98)95(103)104/h40-66H,8-39H2,1-6H3,(H,101,102)(H,103,104)(H,105,106)/b41-40+,55-48+,79-60+,80-62+,85-59-,86-63-. The Morgan fingerprint density at radius 1 is 0.418 bits per heavy atom. The van der Waals surface area contributed by atoms with Crippen molar-refractivity contribution >= 4 is 134 Å². The van der Waals surface area contributed by atoms with Crippen molar-refractivity contribution in [3.63, 3.8) is 0 Å². The summed E-state index contributed by atoms with van der Waals surface area (Å²) in [6.07, 6.45) is 51.3. The van der Waals surface area contributed by atoms with Crippen LogP contribution < -0.4 is 4.90 Å². The van der Waals surface area contributed by atoms with Crippen LogP contribution in [0.5, 0.6) is 0 Å². The lowest BCUT2D eigenvalue weighted by Crippen LogP contribution is -2.09. The second kappa shape index (κ2) is 47.1. The van der Waals surface area contributed by atoms with Gasteiger partial charge in [0.2, 0.25) is 0 Å². The Morgan fingerprint density at radius 3 is 1.26 bits per heavy atom. The van der Waals surface area contributed by atoms with Crippen LogP contribution in [0.1, 0.15) is 292 Å². The lowest BCUT2D eigenvalue weighted by molar-refractivity contribution is -0.133. The number of nitrogens with zero attached hydrogens (tertiary/aromatic N) is 4. The van der Waals surface area contributed by atoms with Gasteiger partial charge in [0.25, 0.3) is 5.70 Å². The normalized spacial score (nSPS) is 12.1. The highest BCUT2D eigenvalue weighted by atomic mass is 32.1. The fraction of sp³-hybridized carbons (Fsp3) is 0.396. The number of aliphatic carboxylic acids is 3. The highest BCUT2D eigenvalue weighted by molar-refractivity contribution is 7.23. The quantitative estimate of drug-likeness (QED) is 0.0111. The second-order valence-corrected chi connectivity index (χ2v) is 33.6. The molecule has 0 spiro atoms. The molecule has 4 aromatic heterocycles. The molecule has 8 aromatic rings. The summed E-state index contributed by atoms with van der Waals surface area (Å²) in [5, 5.41) is 50.1. The van der Waals surface area contributed by atoms with Gasteiger partial charge in [-0.05, 0) is 201 Å². The van der Waals surface area contributed by atoms with E-state index < -0.39 is 17.9 Å². The number of benzene rings is 4. The molecule has 4 heterocycles. The first kappa shape index (κ1) is 86.4. The van der Waals surface area contributed by atoms with E-state index in [1.54, 1.807) is 45.3 Å². The summed E-state index contributed by atoms with van der Waals surface area (Å²) >= 11 is 6.57. The first-order chi connectivity index (χ1) is 53.5. The average Bonchev–Trinajstić information content (AvgIpc) is 1.58. The van der Waals surface area contributed by atoms with E-state index >= 15 is 0 Å². The minimum atomic E-state index is -1.28. The number of carbonyl (C=O) groups is 3. The van der Waals surface area contributed by atoms with Gasteiger partial charge < -0.3 is 20.2 Å². The van der Waals surface area contributed by atoms with Crippen LogP contribution in [-0.4, -0.2) is 33.2 Å². The van der Waals surface area contributed by atoms with Crippen molar-refractivity contribution in [3.8, 4) is 21.9 Å². The molecule has 8 rings (SSSR count). The minimum Gasteiger partial charge on any atom is -0.486 e. The summed E-state index contributed by atoms with van der Waals surface area (Å²) in [6, 6.07) is 44.6. The highest BCUT2D eigenvalue weighted by Crippen LogP contribution is 2.44. The van der Waals surface area contributed by atoms with Crippen LogP contribution in [0.2, 0.25) is 0 Å². The number of thiophene rings is 4. The number of rotatable bonds is 49. The molecule has 0 atom stereocenters. The number of nitriles is 2. The molecular formula is C96H112N4O6S4. The van der Waals surface area contributed by atoms with Crippen molar-refractivity contribution < 1.29 is 29.7 Å². The molecule has 576 valence electrons. The largest absolute Gasteiger partial charge is 0.486 e. The molecule has 0 radical (unpaired) electrons. The maximum Gasteiger partial charge on any atom is 0.346 e. The van der Waals surface area contributed by atoms with Crippen molar-refractivity contribution in [2.24, 2.45) is 0 Å². The Labute approximate surface area is 672 Å². The Balaban J connectivity index is 1.20. The van der Waals surface area contributed by atoms with Crippen LogP contribution in [0, 0.1) is 43.1 Å². The number of carboxylic acid groups (broad SMARTS) is 3. The van der Waals surface area contributed by atoms with Gasteiger partial charge >= 0.3 is 17.9 Å². The van der Waals surface area contributed by atoms with E-state index in [2.05, 4.69) is 185 Å². The van der Waals surface area contributed by atoms with Crippen LogP contribution in [0.15, 0.2) is 132 Å². The Bertz CT molecular complexity index is 4470. The Kier molecular flexibility index (Phi) is 37.0. The first-order valence-electron chi connectivity index (χ1n) is 40.4. The molecule has 0 amide bonds. The zero-order valence-corrected chi connectivity index (χ0v) is 69.0. The predicted molar refractivity (Wildman–Crippen MR) is 470 cm³/mol. The molecule has 0 fully saturated rings. The summed E-state index contributed by atoms with van der Waals surface area (Å²) in [6.45, 7) is 21.1. The number of hydrogen-bond acceptors (Lipinski definition) is 10. The average molecular weight is 1550 g/mol. The molecule has 0 aliphatic carbocycles. The molecule has 0 unspecified atom stereocenters. The van der Waals surface area contributed by atoms with E-state index in [1.165, 1.54) is 142 Å². The molecule has 110 heavy (non-hydrogen) atoms. The molecule has 0 saturated carbocycles. The fourth-order valence-electron chi connectivity index (χ4n) is 14.0. The first-order valence-corrected chi connectivity index (χ1v) is 43.6. The molecule has 14 heteroatoms. The predicted octanol–water partition coefficient (Wildman–Crippen LogP) is 29.1. The van der Waals surface area contributed by atoms with Crippen molar-refractivity contribution in [2.45, 2.75) is 247 Å². The molecule has 10 nitrogen and oxygen atoms in total. The maximum atomic E-state index is 12.5. The minimum absolute atomic E-state index is 0.273. The van der Waals surface area contributed by atoms with Crippen LogP contribution in [-0.2, 0) is 40.1 Å². The molecule has 3 N–H and O–H groups in total. The van der Waals surface area contributed by atoms with Crippen LogP contribution in [0.3, 0.4) is 0 Å². The number of anilines is 3. The van der Waals surface area contributed by atoms with Gasteiger partial charge in [0.05, 0.1) is 6.57 Å². The van der Waals surface area contributed by atoms with E-state index in [0.717, 1.165) is 188 Å². The second-order valence-electron chi connectivity index (χ2n) is 29.1. The summed E-state index contributed by atoms with van der Waals surface area (Å²) in [5.41, 5.74) is 13.2. The van der Waals surface area contributed by atoms with Gasteiger partial charge in [0.1, 0.15) is 23.3 Å². The summed E-state index contributed by atoms with van der Waals surface area (Å²) in [7, 11) is 0. The lowest BCUT2D eigenvalue weighted by Gasteiger charge is -2.26. The van der Waals surface area contributed by atoms with Gasteiger partial charge in [-0.25, -0.2) is 14.4 Å². The van der Waals surface area contributed by atoms with Crippen LogP contribution >= 0.6 is 45.3 Å². The summed E-state index contributed by atoms with van der Waals surface area (Å²) < 4.78 is 0.